The Morgan fingerprint density at radius 3 is 2.78 bits per heavy atom. The number of hydrogen-bond acceptors (Lipinski definition) is 3. The third-order valence-corrected chi connectivity index (χ3v) is 3.54. The van der Waals surface area contributed by atoms with Crippen molar-refractivity contribution >= 4 is 0 Å². The van der Waals surface area contributed by atoms with Gasteiger partial charge in [-0.25, -0.2) is 0 Å². The highest BCUT2D eigenvalue weighted by molar-refractivity contribution is 5.15. The molecule has 2 saturated heterocycles. The van der Waals surface area contributed by atoms with Gasteiger partial charge in [-0.2, -0.15) is 0 Å². The lowest BCUT2D eigenvalue weighted by molar-refractivity contribution is -0.0500. The molecule has 1 N–H and O–H groups in total. The maximum atomic E-state index is 5.77. The van der Waals surface area contributed by atoms with Crippen LogP contribution in [0.1, 0.15) is 19.4 Å². The summed E-state index contributed by atoms with van der Waals surface area (Å²) in [5.41, 5.74) is 1.40. The molecule has 0 bridgehead atoms. The normalized spacial score (nSPS) is 27.2. The molecule has 0 aromatic heterocycles. The molecule has 1 aromatic rings. The average Bonchev–Trinajstić information content (AvgIpc) is 2.92. The van der Waals surface area contributed by atoms with Crippen molar-refractivity contribution in [3.8, 4) is 0 Å². The second-order valence-corrected chi connectivity index (χ2v) is 4.59. The maximum absolute atomic E-state index is 5.77. The first-order valence-electron chi connectivity index (χ1n) is 7.04. The molecule has 0 radical (unpaired) electrons. The van der Waals surface area contributed by atoms with Crippen LogP contribution < -0.4 is 5.32 Å². The maximum Gasteiger partial charge on any atom is 0.0867 e. The number of benzene rings is 1. The van der Waals surface area contributed by atoms with Crippen molar-refractivity contribution in [2.45, 2.75) is 32.5 Å². The Labute approximate surface area is 110 Å². The molecular weight excluding hydrogens is 224 g/mol. The van der Waals surface area contributed by atoms with Crippen LogP contribution in [0.5, 0.6) is 0 Å². The Kier molecular flexibility index (Phi) is 5.17. The fourth-order valence-corrected chi connectivity index (χ4v) is 2.68. The van der Waals surface area contributed by atoms with Gasteiger partial charge in [-0.05, 0) is 5.56 Å². The first kappa shape index (κ1) is 13.5. The minimum absolute atomic E-state index is 0.400. The van der Waals surface area contributed by atoms with Crippen molar-refractivity contribution in [2.24, 2.45) is 0 Å². The highest BCUT2D eigenvalue weighted by Gasteiger charge is 2.35. The first-order chi connectivity index (χ1) is 8.93. The fourth-order valence-electron chi connectivity index (χ4n) is 2.68. The third kappa shape index (κ3) is 3.10. The second kappa shape index (κ2) is 6.88. The Morgan fingerprint density at radius 1 is 1.22 bits per heavy atom. The predicted molar refractivity (Wildman–Crippen MR) is 74.6 cm³/mol. The van der Waals surface area contributed by atoms with Crippen LogP contribution in [0.15, 0.2) is 30.3 Å². The van der Waals surface area contributed by atoms with Crippen LogP contribution in [0.4, 0.5) is 0 Å². The van der Waals surface area contributed by atoms with E-state index in [-0.39, 0.29) is 0 Å². The molecule has 3 heteroatoms. The zero-order chi connectivity index (χ0) is 12.8. The van der Waals surface area contributed by atoms with Crippen molar-refractivity contribution in [1.82, 2.24) is 10.2 Å². The van der Waals surface area contributed by atoms with E-state index in [2.05, 4.69) is 40.5 Å². The van der Waals surface area contributed by atoms with E-state index in [1.165, 1.54) is 5.56 Å². The number of hydrogen-bond donors (Lipinski definition) is 1. The lowest BCUT2D eigenvalue weighted by Gasteiger charge is -2.36. The number of nitrogens with one attached hydrogen (secondary N) is 1. The van der Waals surface area contributed by atoms with E-state index in [1.807, 2.05) is 13.8 Å². The Hall–Kier alpha value is -0.900. The van der Waals surface area contributed by atoms with E-state index in [4.69, 9.17) is 4.74 Å². The molecule has 0 spiro atoms. The van der Waals surface area contributed by atoms with Crippen LogP contribution in [0, 0.1) is 0 Å². The Bertz CT molecular complexity index is 342. The van der Waals surface area contributed by atoms with Gasteiger partial charge < -0.3 is 10.1 Å². The smallest absolute Gasteiger partial charge is 0.0867 e. The minimum atomic E-state index is 0.400. The monoisotopic (exact) mass is 248 g/mol. The molecule has 2 heterocycles. The average molecular weight is 248 g/mol. The number of fused-ring (bicyclic) bond motifs is 1. The molecule has 3 rings (SSSR count). The number of morpholine rings is 1. The van der Waals surface area contributed by atoms with E-state index in [9.17, 15) is 0 Å². The zero-order valence-corrected chi connectivity index (χ0v) is 11.4. The Morgan fingerprint density at radius 2 is 2.00 bits per heavy atom. The van der Waals surface area contributed by atoms with Gasteiger partial charge in [0.15, 0.2) is 0 Å². The van der Waals surface area contributed by atoms with Gasteiger partial charge in [0, 0.05) is 32.2 Å². The zero-order valence-electron chi connectivity index (χ0n) is 11.4. The number of rotatable bonds is 2. The van der Waals surface area contributed by atoms with Gasteiger partial charge in [0.2, 0.25) is 0 Å². The summed E-state index contributed by atoms with van der Waals surface area (Å²) in [5, 5.41) is 3.41. The molecule has 0 saturated carbocycles. The van der Waals surface area contributed by atoms with Crippen LogP contribution in [-0.4, -0.2) is 43.3 Å². The topological polar surface area (TPSA) is 24.5 Å². The van der Waals surface area contributed by atoms with Crippen molar-refractivity contribution in [1.29, 1.82) is 0 Å². The SMILES string of the molecule is CC.c1ccc(CN2CCO[C@H]3CNC[C@H]32)cc1. The summed E-state index contributed by atoms with van der Waals surface area (Å²) in [6, 6.07) is 11.3. The summed E-state index contributed by atoms with van der Waals surface area (Å²) >= 11 is 0. The third-order valence-electron chi connectivity index (χ3n) is 3.54. The van der Waals surface area contributed by atoms with Crippen LogP contribution >= 0.6 is 0 Å². The largest absolute Gasteiger partial charge is 0.374 e. The molecule has 2 fully saturated rings. The van der Waals surface area contributed by atoms with Gasteiger partial charge in [-0.15, -0.1) is 0 Å². The molecule has 1 aromatic carbocycles. The van der Waals surface area contributed by atoms with Crippen LogP contribution in [-0.2, 0) is 11.3 Å². The van der Waals surface area contributed by atoms with Crippen molar-refractivity contribution in [3.63, 3.8) is 0 Å². The van der Waals surface area contributed by atoms with Gasteiger partial charge in [0.05, 0.1) is 12.7 Å². The molecule has 100 valence electrons. The molecule has 0 aliphatic carbocycles. The summed E-state index contributed by atoms with van der Waals surface area (Å²) in [6.45, 7) is 9.05. The molecule has 0 unspecified atom stereocenters. The molecule has 0 amide bonds. The predicted octanol–water partition coefficient (Wildman–Crippen LogP) is 1.89. The van der Waals surface area contributed by atoms with Crippen molar-refractivity contribution in [2.75, 3.05) is 26.2 Å². The Balaban J connectivity index is 0.000000574. The lowest BCUT2D eigenvalue weighted by atomic mass is 10.1. The second-order valence-electron chi connectivity index (χ2n) is 4.59. The van der Waals surface area contributed by atoms with Gasteiger partial charge in [-0.1, -0.05) is 44.2 Å². The molecule has 2 atom stereocenters. The summed E-state index contributed by atoms with van der Waals surface area (Å²) in [5.74, 6) is 0. The van der Waals surface area contributed by atoms with E-state index < -0.39 is 0 Å². The highest BCUT2D eigenvalue weighted by atomic mass is 16.5. The van der Waals surface area contributed by atoms with Crippen LogP contribution in [0.25, 0.3) is 0 Å². The lowest BCUT2D eigenvalue weighted by Crippen LogP contribution is -2.50. The standard InChI is InChI=1S/C13H18N2O.C2H6/c1-2-4-11(5-3-1)10-15-6-7-16-13-9-14-8-12(13)15;1-2/h1-5,12-14H,6-10H2;1-2H3/t12-,13+;/m1./s1. The van der Waals surface area contributed by atoms with E-state index >= 15 is 0 Å². The van der Waals surface area contributed by atoms with E-state index in [1.54, 1.807) is 0 Å². The molecule has 2 aliphatic heterocycles. The first-order valence-corrected chi connectivity index (χ1v) is 7.04. The highest BCUT2D eigenvalue weighted by Crippen LogP contribution is 2.19. The number of ether oxygens (including phenoxy) is 1. The number of nitrogens with zero attached hydrogens (tertiary/aromatic N) is 1. The van der Waals surface area contributed by atoms with Gasteiger partial charge >= 0.3 is 0 Å². The quantitative estimate of drug-likeness (QED) is 0.865. The van der Waals surface area contributed by atoms with Crippen molar-refractivity contribution in [3.05, 3.63) is 35.9 Å². The summed E-state index contributed by atoms with van der Waals surface area (Å²) in [7, 11) is 0. The summed E-state index contributed by atoms with van der Waals surface area (Å²) < 4.78 is 5.77. The molecule has 18 heavy (non-hydrogen) atoms. The van der Waals surface area contributed by atoms with Crippen LogP contribution in [0.3, 0.4) is 0 Å². The molecule has 3 nitrogen and oxygen atoms in total. The van der Waals surface area contributed by atoms with Crippen LogP contribution in [0.2, 0.25) is 0 Å². The minimum Gasteiger partial charge on any atom is -0.374 e. The molecule has 2 aliphatic rings. The molecular formula is C15H24N2O. The van der Waals surface area contributed by atoms with E-state index in [0.29, 0.717) is 12.1 Å². The van der Waals surface area contributed by atoms with E-state index in [0.717, 1.165) is 32.8 Å². The summed E-state index contributed by atoms with van der Waals surface area (Å²) in [4.78, 5) is 2.55. The van der Waals surface area contributed by atoms with Gasteiger partial charge in [0.1, 0.15) is 0 Å². The summed E-state index contributed by atoms with van der Waals surface area (Å²) in [6.07, 6.45) is 0.400. The van der Waals surface area contributed by atoms with Crippen molar-refractivity contribution < 1.29 is 4.74 Å². The fraction of sp³-hybridized carbons (Fsp3) is 0.600. The van der Waals surface area contributed by atoms with Gasteiger partial charge in [0.25, 0.3) is 0 Å². The van der Waals surface area contributed by atoms with Gasteiger partial charge in [-0.3, -0.25) is 4.90 Å².